The summed E-state index contributed by atoms with van der Waals surface area (Å²) in [5, 5.41) is 0. The van der Waals surface area contributed by atoms with Crippen LogP contribution in [0, 0.1) is 0 Å². The Morgan fingerprint density at radius 3 is 1.77 bits per heavy atom. The lowest BCUT2D eigenvalue weighted by atomic mass is 10.6. The van der Waals surface area contributed by atoms with Crippen molar-refractivity contribution in [3.05, 3.63) is 12.7 Å². The van der Waals surface area contributed by atoms with Gasteiger partial charge in [-0.3, -0.25) is 4.79 Å². The van der Waals surface area contributed by atoms with E-state index in [-0.39, 0.29) is 11.9 Å². The van der Waals surface area contributed by atoms with Crippen molar-refractivity contribution in [2.45, 2.75) is 20.8 Å². The van der Waals surface area contributed by atoms with Gasteiger partial charge >= 0.3 is 11.9 Å². The highest BCUT2D eigenvalue weighted by atomic mass is 16.5. The second-order valence-electron chi connectivity index (χ2n) is 1.88. The van der Waals surface area contributed by atoms with E-state index in [4.69, 9.17) is 0 Å². The molecular weight excluding hydrogens is 172 g/mol. The largest absolute Gasteiger partial charge is 0.466 e. The van der Waals surface area contributed by atoms with Gasteiger partial charge in [-0.1, -0.05) is 6.58 Å². The summed E-state index contributed by atoms with van der Waals surface area (Å²) < 4.78 is 8.84. The van der Waals surface area contributed by atoms with Crippen molar-refractivity contribution in [1.82, 2.24) is 0 Å². The average Bonchev–Trinajstić information content (AvgIpc) is 2.05. The van der Waals surface area contributed by atoms with E-state index >= 15 is 0 Å². The first-order valence-corrected chi connectivity index (χ1v) is 4.00. The van der Waals surface area contributed by atoms with Crippen molar-refractivity contribution in [3.8, 4) is 0 Å². The SMILES string of the molecule is C=CC(=O)OCC.CCOC(C)=O. The second kappa shape index (κ2) is 10.7. The molecule has 0 unspecified atom stereocenters. The van der Waals surface area contributed by atoms with Gasteiger partial charge in [0.1, 0.15) is 0 Å². The number of ether oxygens (including phenoxy) is 2. The van der Waals surface area contributed by atoms with Crippen LogP contribution in [-0.2, 0) is 19.1 Å². The molecule has 0 spiro atoms. The van der Waals surface area contributed by atoms with Crippen LogP contribution in [0.25, 0.3) is 0 Å². The van der Waals surface area contributed by atoms with Crippen LogP contribution in [0.4, 0.5) is 0 Å². The van der Waals surface area contributed by atoms with Crippen LogP contribution < -0.4 is 0 Å². The fourth-order valence-corrected chi connectivity index (χ4v) is 0.404. The van der Waals surface area contributed by atoms with Crippen molar-refractivity contribution in [1.29, 1.82) is 0 Å². The predicted molar refractivity (Wildman–Crippen MR) is 49.1 cm³/mol. The summed E-state index contributed by atoms with van der Waals surface area (Å²) in [5.41, 5.74) is 0. The van der Waals surface area contributed by atoms with Gasteiger partial charge in [0, 0.05) is 13.0 Å². The number of hydrogen-bond donors (Lipinski definition) is 0. The van der Waals surface area contributed by atoms with Gasteiger partial charge in [-0.05, 0) is 13.8 Å². The maximum atomic E-state index is 10.1. The van der Waals surface area contributed by atoms with Crippen LogP contribution >= 0.6 is 0 Å². The minimum absolute atomic E-state index is 0.211. The Kier molecular flexibility index (Phi) is 11.7. The Labute approximate surface area is 78.5 Å². The normalized spacial score (nSPS) is 7.62. The Hall–Kier alpha value is -1.32. The zero-order chi connectivity index (χ0) is 10.7. The van der Waals surface area contributed by atoms with E-state index in [0.717, 1.165) is 6.08 Å². The third kappa shape index (κ3) is 18.0. The number of carbonyl (C=O) groups excluding carboxylic acids is 2. The summed E-state index contributed by atoms with van der Waals surface area (Å²) in [6, 6.07) is 0. The number of rotatable bonds is 3. The van der Waals surface area contributed by atoms with Crippen LogP contribution in [0.5, 0.6) is 0 Å². The van der Waals surface area contributed by atoms with E-state index in [1.54, 1.807) is 13.8 Å². The van der Waals surface area contributed by atoms with E-state index in [2.05, 4.69) is 16.1 Å². The molecular formula is C9H16O4. The fourth-order valence-electron chi connectivity index (χ4n) is 0.404. The summed E-state index contributed by atoms with van der Waals surface area (Å²) >= 11 is 0. The monoisotopic (exact) mass is 188 g/mol. The minimum atomic E-state index is -0.359. The summed E-state index contributed by atoms with van der Waals surface area (Å²) in [5.74, 6) is -0.569. The number of carbonyl (C=O) groups is 2. The highest BCUT2D eigenvalue weighted by Gasteiger charge is 1.86. The van der Waals surface area contributed by atoms with Crippen molar-refractivity contribution < 1.29 is 19.1 Å². The zero-order valence-corrected chi connectivity index (χ0v) is 8.33. The molecule has 0 N–H and O–H groups in total. The van der Waals surface area contributed by atoms with Crippen LogP contribution in [0.15, 0.2) is 12.7 Å². The molecule has 0 aromatic heterocycles. The third-order valence-corrected chi connectivity index (χ3v) is 0.801. The fraction of sp³-hybridized carbons (Fsp3) is 0.556. The molecule has 0 atom stereocenters. The van der Waals surface area contributed by atoms with Crippen LogP contribution in [0.1, 0.15) is 20.8 Å². The Morgan fingerprint density at radius 2 is 1.69 bits per heavy atom. The molecule has 0 amide bonds. The quantitative estimate of drug-likeness (QED) is 0.495. The van der Waals surface area contributed by atoms with E-state index in [0.29, 0.717) is 13.2 Å². The van der Waals surface area contributed by atoms with Crippen molar-refractivity contribution in [2.75, 3.05) is 13.2 Å². The molecule has 0 rings (SSSR count). The van der Waals surface area contributed by atoms with E-state index in [9.17, 15) is 9.59 Å². The maximum Gasteiger partial charge on any atom is 0.330 e. The maximum absolute atomic E-state index is 10.1. The Bertz CT molecular complexity index is 163. The standard InChI is InChI=1S/C5H8O2.C4H8O2/c1-3-5(6)7-4-2;1-3-6-4(2)5/h3H,1,4H2,2H3;3H2,1-2H3. The lowest BCUT2D eigenvalue weighted by Crippen LogP contribution is -1.97. The first-order valence-electron chi connectivity index (χ1n) is 4.00. The van der Waals surface area contributed by atoms with Gasteiger partial charge in [0.2, 0.25) is 0 Å². The first-order chi connectivity index (χ1) is 6.08. The van der Waals surface area contributed by atoms with Crippen LogP contribution in [-0.4, -0.2) is 25.2 Å². The van der Waals surface area contributed by atoms with Gasteiger partial charge in [-0.25, -0.2) is 4.79 Å². The topological polar surface area (TPSA) is 52.6 Å². The molecule has 0 fully saturated rings. The smallest absolute Gasteiger partial charge is 0.330 e. The van der Waals surface area contributed by atoms with Gasteiger partial charge in [0.25, 0.3) is 0 Å². The Morgan fingerprint density at radius 1 is 1.23 bits per heavy atom. The molecule has 76 valence electrons. The summed E-state index contributed by atoms with van der Waals surface area (Å²) in [7, 11) is 0. The highest BCUT2D eigenvalue weighted by Crippen LogP contribution is 1.74. The summed E-state index contributed by atoms with van der Waals surface area (Å²) in [6.07, 6.45) is 1.14. The van der Waals surface area contributed by atoms with Crippen molar-refractivity contribution in [2.24, 2.45) is 0 Å². The predicted octanol–water partition coefficient (Wildman–Crippen LogP) is 1.30. The number of hydrogen-bond acceptors (Lipinski definition) is 4. The molecule has 4 nitrogen and oxygen atoms in total. The molecule has 4 heteroatoms. The van der Waals surface area contributed by atoms with Gasteiger partial charge in [-0.2, -0.15) is 0 Å². The Balaban J connectivity index is 0. The summed E-state index contributed by atoms with van der Waals surface area (Å²) in [6.45, 7) is 9.03. The molecule has 0 aromatic carbocycles. The summed E-state index contributed by atoms with van der Waals surface area (Å²) in [4.78, 5) is 19.9. The molecule has 0 aliphatic carbocycles. The minimum Gasteiger partial charge on any atom is -0.466 e. The van der Waals surface area contributed by atoms with E-state index in [1.165, 1.54) is 6.92 Å². The second-order valence-corrected chi connectivity index (χ2v) is 1.88. The zero-order valence-electron chi connectivity index (χ0n) is 8.33. The average molecular weight is 188 g/mol. The third-order valence-electron chi connectivity index (χ3n) is 0.801. The molecule has 13 heavy (non-hydrogen) atoms. The molecule has 0 saturated carbocycles. The van der Waals surface area contributed by atoms with Crippen LogP contribution in [0.3, 0.4) is 0 Å². The molecule has 0 aliphatic rings. The molecule has 0 aromatic rings. The lowest BCUT2D eigenvalue weighted by Gasteiger charge is -1.90. The molecule has 0 heterocycles. The van der Waals surface area contributed by atoms with E-state index < -0.39 is 0 Å². The van der Waals surface area contributed by atoms with Gasteiger partial charge in [0.15, 0.2) is 0 Å². The molecule has 0 radical (unpaired) electrons. The number of esters is 2. The molecule has 0 aliphatic heterocycles. The van der Waals surface area contributed by atoms with Crippen molar-refractivity contribution >= 4 is 11.9 Å². The van der Waals surface area contributed by atoms with E-state index in [1.807, 2.05) is 0 Å². The van der Waals surface area contributed by atoms with Crippen molar-refractivity contribution in [3.63, 3.8) is 0 Å². The van der Waals surface area contributed by atoms with Gasteiger partial charge < -0.3 is 9.47 Å². The van der Waals surface area contributed by atoms with Gasteiger partial charge in [-0.15, -0.1) is 0 Å². The van der Waals surface area contributed by atoms with Crippen LogP contribution in [0.2, 0.25) is 0 Å². The first kappa shape index (κ1) is 14.2. The molecule has 0 saturated heterocycles. The van der Waals surface area contributed by atoms with Gasteiger partial charge in [0.05, 0.1) is 13.2 Å². The lowest BCUT2D eigenvalue weighted by molar-refractivity contribution is -0.140. The molecule has 0 bridgehead atoms. The highest BCUT2D eigenvalue weighted by molar-refractivity contribution is 5.81.